The lowest BCUT2D eigenvalue weighted by Crippen LogP contribution is -2.26. The molecule has 0 heterocycles. The van der Waals surface area contributed by atoms with Crippen molar-refractivity contribution in [2.24, 2.45) is 5.92 Å². The highest BCUT2D eigenvalue weighted by Crippen LogP contribution is 2.16. The van der Waals surface area contributed by atoms with Crippen molar-refractivity contribution < 1.29 is 14.7 Å². The molecule has 2 N–H and O–H groups in total. The van der Waals surface area contributed by atoms with Crippen LogP contribution in [0.4, 0.5) is 0 Å². The number of hydrogen-bond acceptors (Lipinski definition) is 2. The van der Waals surface area contributed by atoms with Crippen LogP contribution in [0.2, 0.25) is 0 Å². The van der Waals surface area contributed by atoms with E-state index >= 15 is 0 Å². The number of amides is 1. The van der Waals surface area contributed by atoms with Gasteiger partial charge in [0.1, 0.15) is 0 Å². The zero-order valence-electron chi connectivity index (χ0n) is 11.0. The van der Waals surface area contributed by atoms with Gasteiger partial charge in [0.05, 0.1) is 0 Å². The molecule has 17 heavy (non-hydrogen) atoms. The lowest BCUT2D eigenvalue weighted by atomic mass is 9.95. The van der Waals surface area contributed by atoms with Crippen molar-refractivity contribution in [3.63, 3.8) is 0 Å². The number of carboxylic acids is 1. The van der Waals surface area contributed by atoms with Crippen LogP contribution < -0.4 is 5.32 Å². The van der Waals surface area contributed by atoms with Crippen LogP contribution in [-0.4, -0.2) is 23.5 Å². The lowest BCUT2D eigenvalue weighted by Gasteiger charge is -2.13. The third-order valence-corrected chi connectivity index (χ3v) is 2.91. The maximum absolute atomic E-state index is 11.6. The quantitative estimate of drug-likeness (QED) is 0.579. The van der Waals surface area contributed by atoms with Crippen molar-refractivity contribution in [2.75, 3.05) is 6.54 Å². The van der Waals surface area contributed by atoms with Gasteiger partial charge in [-0.15, -0.1) is 0 Å². The molecule has 0 aromatic carbocycles. The number of nitrogens with one attached hydrogen (secondary N) is 1. The Bertz CT molecular complexity index is 229. The van der Waals surface area contributed by atoms with Crippen LogP contribution in [0, 0.1) is 5.92 Å². The van der Waals surface area contributed by atoms with Crippen LogP contribution in [0.25, 0.3) is 0 Å². The Balaban J connectivity index is 3.64. The first-order valence-electron chi connectivity index (χ1n) is 6.58. The molecule has 0 aliphatic heterocycles. The number of rotatable bonds is 10. The van der Waals surface area contributed by atoms with E-state index in [9.17, 15) is 9.59 Å². The standard InChI is InChI=1S/C13H25NO3/c1-3-5-7-11(4-2)10-12(15)14-9-6-8-13(16)17/h11H,3-10H2,1-2H3,(H,14,15)(H,16,17). The lowest BCUT2D eigenvalue weighted by molar-refractivity contribution is -0.137. The van der Waals surface area contributed by atoms with Crippen LogP contribution >= 0.6 is 0 Å². The van der Waals surface area contributed by atoms with Gasteiger partial charge in [0.25, 0.3) is 0 Å². The van der Waals surface area contributed by atoms with E-state index in [1.807, 2.05) is 0 Å². The molecule has 0 aromatic heterocycles. The summed E-state index contributed by atoms with van der Waals surface area (Å²) >= 11 is 0. The highest BCUT2D eigenvalue weighted by molar-refractivity contribution is 5.76. The minimum atomic E-state index is -0.811. The van der Waals surface area contributed by atoms with E-state index in [1.54, 1.807) is 0 Å². The maximum atomic E-state index is 11.6. The molecule has 0 aliphatic carbocycles. The van der Waals surface area contributed by atoms with Crippen LogP contribution in [0.1, 0.15) is 58.8 Å². The van der Waals surface area contributed by atoms with E-state index in [2.05, 4.69) is 19.2 Å². The highest BCUT2D eigenvalue weighted by atomic mass is 16.4. The largest absolute Gasteiger partial charge is 0.481 e. The first-order valence-corrected chi connectivity index (χ1v) is 6.58. The molecule has 4 heteroatoms. The van der Waals surface area contributed by atoms with E-state index in [4.69, 9.17) is 5.11 Å². The molecule has 0 radical (unpaired) electrons. The summed E-state index contributed by atoms with van der Waals surface area (Å²) in [6, 6.07) is 0. The van der Waals surface area contributed by atoms with Crippen molar-refractivity contribution in [3.8, 4) is 0 Å². The molecule has 0 aliphatic rings. The summed E-state index contributed by atoms with van der Waals surface area (Å²) in [4.78, 5) is 21.8. The molecule has 1 atom stereocenters. The summed E-state index contributed by atoms with van der Waals surface area (Å²) in [6.45, 7) is 4.73. The van der Waals surface area contributed by atoms with E-state index in [0.29, 0.717) is 25.3 Å². The Morgan fingerprint density at radius 1 is 1.24 bits per heavy atom. The number of carbonyl (C=O) groups is 2. The average molecular weight is 243 g/mol. The highest BCUT2D eigenvalue weighted by Gasteiger charge is 2.11. The molecule has 0 spiro atoms. The van der Waals surface area contributed by atoms with Gasteiger partial charge in [-0.2, -0.15) is 0 Å². The van der Waals surface area contributed by atoms with E-state index in [0.717, 1.165) is 19.3 Å². The Morgan fingerprint density at radius 2 is 1.94 bits per heavy atom. The van der Waals surface area contributed by atoms with Gasteiger partial charge in [-0.05, 0) is 18.8 Å². The van der Waals surface area contributed by atoms with Gasteiger partial charge >= 0.3 is 5.97 Å². The van der Waals surface area contributed by atoms with Crippen LogP contribution in [0.3, 0.4) is 0 Å². The topological polar surface area (TPSA) is 66.4 Å². The monoisotopic (exact) mass is 243 g/mol. The Kier molecular flexibility index (Phi) is 9.49. The van der Waals surface area contributed by atoms with Gasteiger partial charge in [-0.3, -0.25) is 9.59 Å². The van der Waals surface area contributed by atoms with Crippen molar-refractivity contribution >= 4 is 11.9 Å². The molecule has 0 saturated heterocycles. The van der Waals surface area contributed by atoms with Crippen LogP contribution in [0.15, 0.2) is 0 Å². The Morgan fingerprint density at radius 3 is 2.47 bits per heavy atom. The van der Waals surface area contributed by atoms with Gasteiger partial charge in [0.2, 0.25) is 5.91 Å². The SMILES string of the molecule is CCCCC(CC)CC(=O)NCCCC(=O)O. The second-order valence-corrected chi connectivity index (χ2v) is 4.47. The second-order valence-electron chi connectivity index (χ2n) is 4.47. The first-order chi connectivity index (χ1) is 8.10. The Hall–Kier alpha value is -1.06. The predicted molar refractivity (Wildman–Crippen MR) is 67.8 cm³/mol. The number of aliphatic carboxylic acids is 1. The fourth-order valence-corrected chi connectivity index (χ4v) is 1.75. The number of hydrogen-bond donors (Lipinski definition) is 2. The number of carboxylic acid groups (broad SMARTS) is 1. The molecule has 0 bridgehead atoms. The Labute approximate surface area is 104 Å². The van der Waals surface area contributed by atoms with E-state index in [-0.39, 0.29) is 12.3 Å². The molecule has 0 fully saturated rings. The van der Waals surface area contributed by atoms with E-state index < -0.39 is 5.97 Å². The van der Waals surface area contributed by atoms with Gasteiger partial charge < -0.3 is 10.4 Å². The molecule has 0 aromatic rings. The second kappa shape index (κ2) is 10.1. The smallest absolute Gasteiger partial charge is 0.303 e. The summed E-state index contributed by atoms with van der Waals surface area (Å²) in [6.07, 6.45) is 5.67. The molecule has 0 rings (SSSR count). The first kappa shape index (κ1) is 15.9. The molecular formula is C13H25NO3. The van der Waals surface area contributed by atoms with Crippen molar-refractivity contribution in [1.29, 1.82) is 0 Å². The molecule has 0 saturated carbocycles. The number of unbranched alkanes of at least 4 members (excludes halogenated alkanes) is 1. The summed E-state index contributed by atoms with van der Waals surface area (Å²) < 4.78 is 0. The zero-order chi connectivity index (χ0) is 13.1. The predicted octanol–water partition coefficient (Wildman–Crippen LogP) is 2.57. The minimum absolute atomic E-state index is 0.0540. The fraction of sp³-hybridized carbons (Fsp3) is 0.846. The van der Waals surface area contributed by atoms with Crippen molar-refractivity contribution in [1.82, 2.24) is 5.32 Å². The molecular weight excluding hydrogens is 218 g/mol. The van der Waals surface area contributed by atoms with Gasteiger partial charge in [-0.25, -0.2) is 0 Å². The summed E-state index contributed by atoms with van der Waals surface area (Å²) in [5.41, 5.74) is 0. The van der Waals surface area contributed by atoms with Crippen molar-refractivity contribution in [3.05, 3.63) is 0 Å². The maximum Gasteiger partial charge on any atom is 0.303 e. The molecule has 100 valence electrons. The summed E-state index contributed by atoms with van der Waals surface area (Å²) in [7, 11) is 0. The average Bonchev–Trinajstić information content (AvgIpc) is 2.29. The van der Waals surface area contributed by atoms with Gasteiger partial charge in [0.15, 0.2) is 0 Å². The summed E-state index contributed by atoms with van der Waals surface area (Å²) in [5, 5.41) is 11.2. The summed E-state index contributed by atoms with van der Waals surface area (Å²) in [5.74, 6) is -0.290. The molecule has 1 amide bonds. The van der Waals surface area contributed by atoms with Gasteiger partial charge in [-0.1, -0.05) is 33.1 Å². The third-order valence-electron chi connectivity index (χ3n) is 2.91. The van der Waals surface area contributed by atoms with E-state index in [1.165, 1.54) is 6.42 Å². The number of carbonyl (C=O) groups excluding carboxylic acids is 1. The van der Waals surface area contributed by atoms with Crippen LogP contribution in [-0.2, 0) is 9.59 Å². The normalized spacial score (nSPS) is 12.1. The third kappa shape index (κ3) is 9.85. The minimum Gasteiger partial charge on any atom is -0.481 e. The zero-order valence-corrected chi connectivity index (χ0v) is 11.0. The fourth-order valence-electron chi connectivity index (χ4n) is 1.75. The molecule has 1 unspecified atom stereocenters. The van der Waals surface area contributed by atoms with Gasteiger partial charge in [0, 0.05) is 19.4 Å². The van der Waals surface area contributed by atoms with Crippen LogP contribution in [0.5, 0.6) is 0 Å². The molecule has 4 nitrogen and oxygen atoms in total. The van der Waals surface area contributed by atoms with Crippen molar-refractivity contribution in [2.45, 2.75) is 58.8 Å².